The van der Waals surface area contributed by atoms with Gasteiger partial charge in [0.05, 0.1) is 12.7 Å². The largest absolute Gasteiger partial charge is 0.376 e. The van der Waals surface area contributed by atoms with Gasteiger partial charge in [0.1, 0.15) is 0 Å². The van der Waals surface area contributed by atoms with Crippen molar-refractivity contribution in [1.29, 1.82) is 0 Å². The Kier molecular flexibility index (Phi) is 4.25. The standard InChI is InChI=1S/C12H15BrClNO/c1-9-7-15(4-5-16-9)8-10-2-3-11(14)6-12(10)13/h2-3,6,9H,4-5,7-8H2,1H3/t9-/m1/s1. The van der Waals surface area contributed by atoms with Crippen molar-refractivity contribution in [2.45, 2.75) is 19.6 Å². The highest BCUT2D eigenvalue weighted by Gasteiger charge is 2.17. The fourth-order valence-corrected chi connectivity index (χ4v) is 2.73. The molecule has 1 fully saturated rings. The lowest BCUT2D eigenvalue weighted by Crippen LogP contribution is -2.40. The summed E-state index contributed by atoms with van der Waals surface area (Å²) in [4.78, 5) is 2.40. The lowest BCUT2D eigenvalue weighted by atomic mass is 10.2. The Labute approximate surface area is 110 Å². The second-order valence-electron chi connectivity index (χ2n) is 4.15. The van der Waals surface area contributed by atoms with Crippen LogP contribution in [0.1, 0.15) is 12.5 Å². The van der Waals surface area contributed by atoms with Crippen molar-refractivity contribution in [3.8, 4) is 0 Å². The first-order valence-corrected chi connectivity index (χ1v) is 6.60. The summed E-state index contributed by atoms with van der Waals surface area (Å²) in [6.07, 6.45) is 0.333. The Hall–Kier alpha value is -0.0900. The third-order valence-corrected chi connectivity index (χ3v) is 3.71. The number of halogens is 2. The van der Waals surface area contributed by atoms with Crippen LogP contribution in [0, 0.1) is 0 Å². The van der Waals surface area contributed by atoms with Crippen molar-refractivity contribution >= 4 is 27.5 Å². The predicted molar refractivity (Wildman–Crippen MR) is 69.8 cm³/mol. The maximum Gasteiger partial charge on any atom is 0.0674 e. The van der Waals surface area contributed by atoms with Gasteiger partial charge in [0.15, 0.2) is 0 Å². The summed E-state index contributed by atoms with van der Waals surface area (Å²) in [5.74, 6) is 0. The molecule has 0 saturated carbocycles. The quantitative estimate of drug-likeness (QED) is 0.831. The molecule has 2 rings (SSSR count). The van der Waals surface area contributed by atoms with Gasteiger partial charge in [-0.25, -0.2) is 0 Å². The summed E-state index contributed by atoms with van der Waals surface area (Å²) in [5.41, 5.74) is 1.28. The lowest BCUT2D eigenvalue weighted by molar-refractivity contribution is -0.0212. The summed E-state index contributed by atoms with van der Waals surface area (Å²) < 4.78 is 6.60. The van der Waals surface area contributed by atoms with Crippen LogP contribution in [0.25, 0.3) is 0 Å². The number of nitrogens with zero attached hydrogens (tertiary/aromatic N) is 1. The SMILES string of the molecule is C[C@@H]1CN(Cc2ccc(Cl)cc2Br)CCO1. The van der Waals surface area contributed by atoms with Crippen LogP contribution in [0.3, 0.4) is 0 Å². The third-order valence-electron chi connectivity index (χ3n) is 2.73. The van der Waals surface area contributed by atoms with Gasteiger partial charge < -0.3 is 4.74 Å². The van der Waals surface area contributed by atoms with E-state index in [0.717, 1.165) is 35.7 Å². The molecule has 1 aliphatic rings. The van der Waals surface area contributed by atoms with E-state index in [2.05, 4.69) is 33.8 Å². The maximum absolute atomic E-state index is 5.92. The van der Waals surface area contributed by atoms with E-state index in [1.807, 2.05) is 12.1 Å². The predicted octanol–water partition coefficient (Wildman–Crippen LogP) is 3.32. The molecule has 16 heavy (non-hydrogen) atoms. The van der Waals surface area contributed by atoms with Crippen LogP contribution in [0.15, 0.2) is 22.7 Å². The van der Waals surface area contributed by atoms with Gasteiger partial charge >= 0.3 is 0 Å². The van der Waals surface area contributed by atoms with Gasteiger partial charge in [-0.15, -0.1) is 0 Å². The maximum atomic E-state index is 5.92. The topological polar surface area (TPSA) is 12.5 Å². The molecule has 0 unspecified atom stereocenters. The lowest BCUT2D eigenvalue weighted by Gasteiger charge is -2.31. The van der Waals surface area contributed by atoms with Crippen molar-refractivity contribution in [3.05, 3.63) is 33.3 Å². The summed E-state index contributed by atoms with van der Waals surface area (Å²) in [7, 11) is 0. The second-order valence-corrected chi connectivity index (χ2v) is 5.44. The van der Waals surface area contributed by atoms with E-state index >= 15 is 0 Å². The molecule has 4 heteroatoms. The Balaban J connectivity index is 2.02. The van der Waals surface area contributed by atoms with E-state index in [0.29, 0.717) is 6.10 Å². The zero-order valence-electron chi connectivity index (χ0n) is 9.25. The van der Waals surface area contributed by atoms with Gasteiger partial charge in [-0.3, -0.25) is 4.90 Å². The first-order valence-electron chi connectivity index (χ1n) is 5.43. The number of ether oxygens (including phenoxy) is 1. The van der Waals surface area contributed by atoms with Crippen molar-refractivity contribution in [1.82, 2.24) is 4.90 Å². The molecule has 0 N–H and O–H groups in total. The van der Waals surface area contributed by atoms with E-state index in [9.17, 15) is 0 Å². The van der Waals surface area contributed by atoms with Gasteiger partial charge in [-0.2, -0.15) is 0 Å². The molecule has 1 atom stereocenters. The molecule has 88 valence electrons. The molecule has 0 aromatic heterocycles. The summed E-state index contributed by atoms with van der Waals surface area (Å²) in [5, 5.41) is 0.769. The van der Waals surface area contributed by atoms with Crippen LogP contribution in [0.2, 0.25) is 5.02 Å². The van der Waals surface area contributed by atoms with Gasteiger partial charge in [-0.1, -0.05) is 33.6 Å². The molecule has 0 spiro atoms. The Morgan fingerprint density at radius 3 is 3.06 bits per heavy atom. The average molecular weight is 305 g/mol. The minimum Gasteiger partial charge on any atom is -0.376 e. The first kappa shape index (κ1) is 12.4. The molecule has 0 amide bonds. The van der Waals surface area contributed by atoms with Gasteiger partial charge in [0, 0.05) is 29.1 Å². The Morgan fingerprint density at radius 2 is 2.38 bits per heavy atom. The molecule has 1 saturated heterocycles. The molecule has 2 nitrogen and oxygen atoms in total. The van der Waals surface area contributed by atoms with Crippen LogP contribution in [0.5, 0.6) is 0 Å². The summed E-state index contributed by atoms with van der Waals surface area (Å²) in [6.45, 7) is 5.88. The highest BCUT2D eigenvalue weighted by atomic mass is 79.9. The van der Waals surface area contributed by atoms with E-state index in [4.69, 9.17) is 16.3 Å². The van der Waals surface area contributed by atoms with Crippen molar-refractivity contribution in [3.63, 3.8) is 0 Å². The number of hydrogen-bond donors (Lipinski definition) is 0. The fraction of sp³-hybridized carbons (Fsp3) is 0.500. The second kappa shape index (κ2) is 5.50. The normalized spacial score (nSPS) is 22.3. The number of morpholine rings is 1. The molecule has 1 aromatic rings. The minimum absolute atomic E-state index is 0.333. The summed E-state index contributed by atoms with van der Waals surface area (Å²) >= 11 is 9.47. The van der Waals surface area contributed by atoms with Gasteiger partial charge in [-0.05, 0) is 24.6 Å². The van der Waals surface area contributed by atoms with E-state index in [1.54, 1.807) is 0 Å². The van der Waals surface area contributed by atoms with E-state index < -0.39 is 0 Å². The monoisotopic (exact) mass is 303 g/mol. The molecular weight excluding hydrogens is 289 g/mol. The Bertz CT molecular complexity index is 372. The van der Waals surface area contributed by atoms with E-state index in [-0.39, 0.29) is 0 Å². The van der Waals surface area contributed by atoms with Crippen LogP contribution in [0.4, 0.5) is 0 Å². The fourth-order valence-electron chi connectivity index (χ4n) is 1.93. The zero-order valence-corrected chi connectivity index (χ0v) is 11.6. The molecule has 0 bridgehead atoms. The van der Waals surface area contributed by atoms with Crippen LogP contribution >= 0.6 is 27.5 Å². The van der Waals surface area contributed by atoms with Crippen LogP contribution in [-0.2, 0) is 11.3 Å². The molecule has 1 aliphatic heterocycles. The Morgan fingerprint density at radius 1 is 1.56 bits per heavy atom. The number of hydrogen-bond acceptors (Lipinski definition) is 2. The van der Waals surface area contributed by atoms with Crippen molar-refractivity contribution in [2.75, 3.05) is 19.7 Å². The third kappa shape index (κ3) is 3.20. The zero-order chi connectivity index (χ0) is 11.5. The number of benzene rings is 1. The van der Waals surface area contributed by atoms with Gasteiger partial charge in [0.2, 0.25) is 0 Å². The highest BCUT2D eigenvalue weighted by Crippen LogP contribution is 2.23. The molecule has 1 heterocycles. The first-order chi connectivity index (χ1) is 7.65. The summed E-state index contributed by atoms with van der Waals surface area (Å²) in [6, 6.07) is 5.96. The van der Waals surface area contributed by atoms with Crippen molar-refractivity contribution < 1.29 is 4.74 Å². The molecule has 1 aromatic carbocycles. The van der Waals surface area contributed by atoms with Crippen LogP contribution in [-0.4, -0.2) is 30.7 Å². The highest BCUT2D eigenvalue weighted by molar-refractivity contribution is 9.10. The van der Waals surface area contributed by atoms with E-state index in [1.165, 1.54) is 5.56 Å². The van der Waals surface area contributed by atoms with Crippen molar-refractivity contribution in [2.24, 2.45) is 0 Å². The van der Waals surface area contributed by atoms with Gasteiger partial charge in [0.25, 0.3) is 0 Å². The molecule has 0 radical (unpaired) electrons. The smallest absolute Gasteiger partial charge is 0.0674 e. The minimum atomic E-state index is 0.333. The van der Waals surface area contributed by atoms with Crippen LogP contribution < -0.4 is 0 Å². The number of rotatable bonds is 2. The molecule has 0 aliphatic carbocycles. The molecular formula is C12H15BrClNO. The average Bonchev–Trinajstić information content (AvgIpc) is 2.22.